The fourth-order valence-corrected chi connectivity index (χ4v) is 1.73. The van der Waals surface area contributed by atoms with Crippen LogP contribution in [-0.2, 0) is 0 Å². The highest BCUT2D eigenvalue weighted by molar-refractivity contribution is 5.21. The highest BCUT2D eigenvalue weighted by atomic mass is 15.3. The number of aromatic nitrogens is 2. The topological polar surface area (TPSA) is 41.6 Å². The summed E-state index contributed by atoms with van der Waals surface area (Å²) in [5, 5.41) is 13.2. The Kier molecular flexibility index (Phi) is 3.02. The third-order valence-corrected chi connectivity index (χ3v) is 2.52. The van der Waals surface area contributed by atoms with Gasteiger partial charge in [0.1, 0.15) is 0 Å². The van der Waals surface area contributed by atoms with Gasteiger partial charge in [-0.25, -0.2) is 0 Å². The van der Waals surface area contributed by atoms with Gasteiger partial charge in [-0.05, 0) is 18.1 Å². The molecule has 2 rings (SSSR count). The quantitative estimate of drug-likeness (QED) is 0.783. The van der Waals surface area contributed by atoms with Gasteiger partial charge in [0, 0.05) is 6.20 Å². The molecule has 3 nitrogen and oxygen atoms in total. The summed E-state index contributed by atoms with van der Waals surface area (Å²) in [7, 11) is 0. The smallest absolute Gasteiger partial charge is 0.0898 e. The van der Waals surface area contributed by atoms with E-state index < -0.39 is 0 Å². The monoisotopic (exact) mass is 211 g/mol. The number of hydrogen-bond acceptors (Lipinski definition) is 2. The Morgan fingerprint density at radius 3 is 2.69 bits per heavy atom. The number of rotatable bonds is 3. The summed E-state index contributed by atoms with van der Waals surface area (Å²) < 4.78 is 1.86. The maximum Gasteiger partial charge on any atom is 0.0898 e. The summed E-state index contributed by atoms with van der Waals surface area (Å²) in [6, 6.07) is 12.2. The van der Waals surface area contributed by atoms with Crippen LogP contribution >= 0.6 is 0 Å². The SMILES string of the molecule is Cc1cnn([C@H](CC#N)c2ccccc2)c1. The molecule has 0 spiro atoms. The first-order valence-electron chi connectivity index (χ1n) is 5.24. The molecule has 0 aliphatic heterocycles. The zero-order valence-electron chi connectivity index (χ0n) is 9.17. The minimum Gasteiger partial charge on any atom is -0.264 e. The van der Waals surface area contributed by atoms with E-state index in [-0.39, 0.29) is 6.04 Å². The number of nitriles is 1. The van der Waals surface area contributed by atoms with Gasteiger partial charge in [-0.2, -0.15) is 10.4 Å². The molecule has 0 unspecified atom stereocenters. The highest BCUT2D eigenvalue weighted by Crippen LogP contribution is 2.20. The lowest BCUT2D eigenvalue weighted by atomic mass is 10.0. The van der Waals surface area contributed by atoms with E-state index in [1.807, 2.05) is 54.3 Å². The van der Waals surface area contributed by atoms with Crippen LogP contribution < -0.4 is 0 Å². The molecule has 16 heavy (non-hydrogen) atoms. The van der Waals surface area contributed by atoms with Crippen LogP contribution in [0.4, 0.5) is 0 Å². The maximum absolute atomic E-state index is 8.88. The van der Waals surface area contributed by atoms with E-state index in [0.29, 0.717) is 6.42 Å². The van der Waals surface area contributed by atoms with Crippen molar-refractivity contribution < 1.29 is 0 Å². The van der Waals surface area contributed by atoms with Gasteiger partial charge in [0.05, 0.1) is 24.7 Å². The van der Waals surface area contributed by atoms with E-state index in [2.05, 4.69) is 11.2 Å². The highest BCUT2D eigenvalue weighted by Gasteiger charge is 2.13. The van der Waals surface area contributed by atoms with Crippen molar-refractivity contribution in [2.75, 3.05) is 0 Å². The van der Waals surface area contributed by atoms with Gasteiger partial charge >= 0.3 is 0 Å². The summed E-state index contributed by atoms with van der Waals surface area (Å²) in [5.74, 6) is 0. The van der Waals surface area contributed by atoms with E-state index in [0.717, 1.165) is 11.1 Å². The van der Waals surface area contributed by atoms with Gasteiger partial charge in [0.2, 0.25) is 0 Å². The zero-order chi connectivity index (χ0) is 11.4. The first-order valence-corrected chi connectivity index (χ1v) is 5.24. The molecule has 1 aromatic carbocycles. The van der Waals surface area contributed by atoms with E-state index >= 15 is 0 Å². The minimum atomic E-state index is 0.0138. The third kappa shape index (κ3) is 2.12. The standard InChI is InChI=1S/C13H13N3/c1-11-9-15-16(10-11)13(7-8-14)12-5-3-2-4-6-12/h2-6,9-10,13H,7H2,1H3/t13-/m1/s1. The first kappa shape index (κ1) is 10.4. The summed E-state index contributed by atoms with van der Waals surface area (Å²) in [6.45, 7) is 2.00. The molecule has 1 atom stereocenters. The van der Waals surface area contributed by atoms with Crippen molar-refractivity contribution in [3.05, 3.63) is 53.9 Å². The lowest BCUT2D eigenvalue weighted by molar-refractivity contribution is 0.532. The maximum atomic E-state index is 8.88. The number of nitrogens with zero attached hydrogens (tertiary/aromatic N) is 3. The Morgan fingerprint density at radius 1 is 1.38 bits per heavy atom. The van der Waals surface area contributed by atoms with E-state index in [1.54, 1.807) is 0 Å². The van der Waals surface area contributed by atoms with Crippen LogP contribution in [0, 0.1) is 18.3 Å². The second kappa shape index (κ2) is 4.63. The second-order valence-electron chi connectivity index (χ2n) is 3.79. The molecule has 0 bridgehead atoms. The van der Waals surface area contributed by atoms with Crippen LogP contribution in [0.1, 0.15) is 23.6 Å². The van der Waals surface area contributed by atoms with Crippen molar-refractivity contribution in [2.24, 2.45) is 0 Å². The van der Waals surface area contributed by atoms with Crippen molar-refractivity contribution in [1.29, 1.82) is 5.26 Å². The first-order chi connectivity index (χ1) is 7.81. The van der Waals surface area contributed by atoms with Crippen LogP contribution in [-0.4, -0.2) is 9.78 Å². The van der Waals surface area contributed by atoms with Gasteiger partial charge in [-0.15, -0.1) is 0 Å². The number of aryl methyl sites for hydroxylation is 1. The molecule has 0 N–H and O–H groups in total. The molecule has 0 radical (unpaired) electrons. The Balaban J connectivity index is 2.35. The largest absolute Gasteiger partial charge is 0.264 e. The van der Waals surface area contributed by atoms with Crippen molar-refractivity contribution in [3.63, 3.8) is 0 Å². The fourth-order valence-electron chi connectivity index (χ4n) is 1.73. The molecule has 2 aromatic rings. The molecular weight excluding hydrogens is 198 g/mol. The van der Waals surface area contributed by atoms with Gasteiger partial charge < -0.3 is 0 Å². The van der Waals surface area contributed by atoms with Crippen molar-refractivity contribution in [2.45, 2.75) is 19.4 Å². The predicted molar refractivity (Wildman–Crippen MR) is 61.8 cm³/mol. The molecule has 0 amide bonds. The molecule has 0 saturated carbocycles. The number of benzene rings is 1. The normalized spacial score (nSPS) is 12.0. The summed E-state index contributed by atoms with van der Waals surface area (Å²) >= 11 is 0. The summed E-state index contributed by atoms with van der Waals surface area (Å²) in [5.41, 5.74) is 2.23. The van der Waals surface area contributed by atoms with Gasteiger partial charge in [-0.3, -0.25) is 4.68 Å². The van der Waals surface area contributed by atoms with Crippen LogP contribution in [0.15, 0.2) is 42.7 Å². The Morgan fingerprint density at radius 2 is 2.12 bits per heavy atom. The molecule has 80 valence electrons. The van der Waals surface area contributed by atoms with E-state index in [9.17, 15) is 0 Å². The number of hydrogen-bond donors (Lipinski definition) is 0. The Hall–Kier alpha value is -2.08. The molecule has 1 heterocycles. The van der Waals surface area contributed by atoms with Gasteiger partial charge in [-0.1, -0.05) is 30.3 Å². The Labute approximate surface area is 94.9 Å². The molecule has 0 fully saturated rings. The zero-order valence-corrected chi connectivity index (χ0v) is 9.17. The third-order valence-electron chi connectivity index (χ3n) is 2.52. The molecule has 1 aromatic heterocycles. The second-order valence-corrected chi connectivity index (χ2v) is 3.79. The fraction of sp³-hybridized carbons (Fsp3) is 0.231. The molecule has 3 heteroatoms. The molecular formula is C13H13N3. The van der Waals surface area contributed by atoms with E-state index in [4.69, 9.17) is 5.26 Å². The lowest BCUT2D eigenvalue weighted by Gasteiger charge is -2.14. The van der Waals surface area contributed by atoms with Crippen molar-refractivity contribution >= 4 is 0 Å². The van der Waals surface area contributed by atoms with Crippen LogP contribution in [0.25, 0.3) is 0 Å². The van der Waals surface area contributed by atoms with E-state index in [1.165, 1.54) is 0 Å². The van der Waals surface area contributed by atoms with Crippen molar-refractivity contribution in [3.8, 4) is 6.07 Å². The minimum absolute atomic E-state index is 0.0138. The van der Waals surface area contributed by atoms with Gasteiger partial charge in [0.15, 0.2) is 0 Å². The average Bonchev–Trinajstić information content (AvgIpc) is 2.74. The predicted octanol–water partition coefficient (Wildman–Crippen LogP) is 2.69. The Bertz CT molecular complexity index is 493. The van der Waals surface area contributed by atoms with Crippen LogP contribution in [0.2, 0.25) is 0 Å². The summed E-state index contributed by atoms with van der Waals surface area (Å²) in [6.07, 6.45) is 4.22. The van der Waals surface area contributed by atoms with Crippen LogP contribution in [0.5, 0.6) is 0 Å². The summed E-state index contributed by atoms with van der Waals surface area (Å²) in [4.78, 5) is 0. The molecule has 0 aliphatic carbocycles. The average molecular weight is 211 g/mol. The van der Waals surface area contributed by atoms with Crippen molar-refractivity contribution in [1.82, 2.24) is 9.78 Å². The van der Waals surface area contributed by atoms with Crippen LogP contribution in [0.3, 0.4) is 0 Å². The molecule has 0 aliphatic rings. The molecule has 0 saturated heterocycles. The lowest BCUT2D eigenvalue weighted by Crippen LogP contribution is -2.10. The van der Waals surface area contributed by atoms with Gasteiger partial charge in [0.25, 0.3) is 0 Å².